The number of carbonyl (C=O) groups is 1. The molecule has 6 heterocycles. The lowest BCUT2D eigenvalue weighted by molar-refractivity contribution is -0.117. The van der Waals surface area contributed by atoms with Gasteiger partial charge in [-0.15, -0.1) is 0 Å². The van der Waals surface area contributed by atoms with Crippen LogP contribution in [0.15, 0.2) is 48.0 Å². The summed E-state index contributed by atoms with van der Waals surface area (Å²) < 4.78 is 0. The van der Waals surface area contributed by atoms with E-state index in [1.165, 1.54) is 24.8 Å². The monoisotopic (exact) mass is 504 g/mol. The van der Waals surface area contributed by atoms with Crippen LogP contribution < -0.4 is 10.2 Å². The zero-order chi connectivity index (χ0) is 25.2. The molecular weight excluding hydrogens is 476 g/mol. The van der Waals surface area contributed by atoms with E-state index in [2.05, 4.69) is 26.3 Å². The lowest BCUT2D eigenvalue weighted by Crippen LogP contribution is -2.30. The van der Waals surface area contributed by atoms with Gasteiger partial charge in [0.25, 0.3) is 0 Å². The molecule has 2 atom stereocenters. The number of fused-ring (bicyclic) bond motifs is 4. The summed E-state index contributed by atoms with van der Waals surface area (Å²) in [6, 6.07) is 6.33. The molecule has 9 heteroatoms. The highest BCUT2D eigenvalue weighted by atomic mass is 16.2. The number of amides is 1. The van der Waals surface area contributed by atoms with Crippen molar-refractivity contribution in [2.24, 2.45) is 10.9 Å². The number of anilines is 2. The summed E-state index contributed by atoms with van der Waals surface area (Å²) in [6.07, 6.45) is 14.0. The number of pyridine rings is 3. The van der Waals surface area contributed by atoms with Gasteiger partial charge in [-0.25, -0.2) is 9.97 Å². The van der Waals surface area contributed by atoms with Gasteiger partial charge < -0.3 is 15.2 Å². The van der Waals surface area contributed by atoms with Crippen LogP contribution in [-0.4, -0.2) is 55.7 Å². The molecule has 2 saturated carbocycles. The Balaban J connectivity index is 1.17. The van der Waals surface area contributed by atoms with Gasteiger partial charge in [0, 0.05) is 54.6 Å². The van der Waals surface area contributed by atoms with Crippen LogP contribution >= 0.6 is 0 Å². The SMILES string of the molecule is O=C(Nc1cncc(-c2cc3c(cn2)C2C[C@H]2N=C3c2nc3c(N4CCCCC4)nccc3[nH]2)c1)C1CC1. The van der Waals surface area contributed by atoms with Crippen LogP contribution in [0.25, 0.3) is 22.3 Å². The van der Waals surface area contributed by atoms with E-state index in [4.69, 9.17) is 19.9 Å². The van der Waals surface area contributed by atoms with E-state index in [1.54, 1.807) is 12.4 Å². The number of nitrogens with zero attached hydrogens (tertiary/aromatic N) is 6. The van der Waals surface area contributed by atoms with Crippen molar-refractivity contribution in [3.63, 3.8) is 0 Å². The highest BCUT2D eigenvalue weighted by Crippen LogP contribution is 2.49. The largest absolute Gasteiger partial charge is 0.355 e. The van der Waals surface area contributed by atoms with Crippen LogP contribution in [0.5, 0.6) is 0 Å². The van der Waals surface area contributed by atoms with Crippen molar-refractivity contribution in [1.29, 1.82) is 0 Å². The molecule has 190 valence electrons. The normalized spacial score (nSPS) is 22.0. The van der Waals surface area contributed by atoms with Gasteiger partial charge in [-0.3, -0.25) is 19.8 Å². The molecule has 1 saturated heterocycles. The van der Waals surface area contributed by atoms with Crippen molar-refractivity contribution in [2.45, 2.75) is 50.5 Å². The summed E-state index contributed by atoms with van der Waals surface area (Å²) in [4.78, 5) is 42.2. The summed E-state index contributed by atoms with van der Waals surface area (Å²) in [6.45, 7) is 2.04. The van der Waals surface area contributed by atoms with Crippen molar-refractivity contribution >= 4 is 34.2 Å². The number of hydrogen-bond acceptors (Lipinski definition) is 7. The Morgan fingerprint density at radius 2 is 1.95 bits per heavy atom. The van der Waals surface area contributed by atoms with Gasteiger partial charge in [-0.2, -0.15) is 0 Å². The molecule has 9 nitrogen and oxygen atoms in total. The molecule has 0 bridgehead atoms. The summed E-state index contributed by atoms with van der Waals surface area (Å²) in [5, 5.41) is 2.99. The number of imidazole rings is 1. The molecule has 4 aromatic rings. The van der Waals surface area contributed by atoms with E-state index in [0.29, 0.717) is 17.6 Å². The minimum Gasteiger partial charge on any atom is -0.355 e. The number of nitrogens with one attached hydrogen (secondary N) is 2. The van der Waals surface area contributed by atoms with Crippen molar-refractivity contribution in [1.82, 2.24) is 24.9 Å². The summed E-state index contributed by atoms with van der Waals surface area (Å²) in [5.74, 6) is 2.36. The summed E-state index contributed by atoms with van der Waals surface area (Å²) in [5.41, 5.74) is 7.42. The number of carbonyl (C=O) groups excluding carboxylic acids is 1. The third kappa shape index (κ3) is 3.76. The number of H-pyrrole nitrogens is 1. The first kappa shape index (κ1) is 21.9. The Morgan fingerprint density at radius 1 is 1.05 bits per heavy atom. The number of aromatic amines is 1. The Kier molecular flexibility index (Phi) is 4.86. The van der Waals surface area contributed by atoms with Crippen LogP contribution in [0.2, 0.25) is 0 Å². The van der Waals surface area contributed by atoms with Gasteiger partial charge in [0.2, 0.25) is 5.91 Å². The molecule has 3 fully saturated rings. The van der Waals surface area contributed by atoms with E-state index in [1.807, 2.05) is 24.5 Å². The molecule has 0 spiro atoms. The molecule has 2 aliphatic heterocycles. The number of hydrogen-bond donors (Lipinski definition) is 2. The standard InChI is InChI=1S/C29H28N8O/c38-29(16-4-5-16)33-18-10-17(13-30-14-18)23-12-20-21(15-32-23)19-11-24(19)34-25(20)27-35-22-6-7-31-28(26(22)36-27)37-8-2-1-3-9-37/h6-7,10,12-16,19,24H,1-5,8-9,11H2,(H,33,38)(H,35,36)/t19?,24-/m1/s1. The molecule has 38 heavy (non-hydrogen) atoms. The van der Waals surface area contributed by atoms with Gasteiger partial charge >= 0.3 is 0 Å². The fraction of sp³-hybridized carbons (Fsp3) is 0.379. The molecule has 0 radical (unpaired) electrons. The molecule has 1 unspecified atom stereocenters. The fourth-order valence-corrected chi connectivity index (χ4v) is 5.82. The Morgan fingerprint density at radius 3 is 2.82 bits per heavy atom. The second-order valence-corrected chi connectivity index (χ2v) is 10.9. The van der Waals surface area contributed by atoms with Crippen LogP contribution in [0, 0.1) is 5.92 Å². The highest BCUT2D eigenvalue weighted by molar-refractivity contribution is 6.14. The van der Waals surface area contributed by atoms with Crippen molar-refractivity contribution in [2.75, 3.05) is 23.3 Å². The second kappa shape index (κ2) is 8.44. The first-order chi connectivity index (χ1) is 18.7. The zero-order valence-electron chi connectivity index (χ0n) is 21.0. The first-order valence-electron chi connectivity index (χ1n) is 13.7. The van der Waals surface area contributed by atoms with Crippen LogP contribution in [-0.2, 0) is 4.79 Å². The topological polar surface area (TPSA) is 112 Å². The molecule has 4 aromatic heterocycles. The van der Waals surface area contributed by atoms with Crippen LogP contribution in [0.3, 0.4) is 0 Å². The van der Waals surface area contributed by atoms with Crippen LogP contribution in [0.4, 0.5) is 11.5 Å². The van der Waals surface area contributed by atoms with Gasteiger partial charge in [-0.1, -0.05) is 0 Å². The molecule has 1 amide bonds. The van der Waals surface area contributed by atoms with Crippen molar-refractivity contribution in [3.8, 4) is 11.3 Å². The third-order valence-electron chi connectivity index (χ3n) is 8.15. The third-order valence-corrected chi connectivity index (χ3v) is 8.15. The molecule has 2 N–H and O–H groups in total. The lowest BCUT2D eigenvalue weighted by Gasteiger charge is -2.27. The van der Waals surface area contributed by atoms with Crippen molar-refractivity contribution in [3.05, 3.63) is 59.9 Å². The van der Waals surface area contributed by atoms with E-state index < -0.39 is 0 Å². The van der Waals surface area contributed by atoms with Crippen molar-refractivity contribution < 1.29 is 4.79 Å². The maximum Gasteiger partial charge on any atom is 0.227 e. The predicted octanol–water partition coefficient (Wildman–Crippen LogP) is 4.46. The summed E-state index contributed by atoms with van der Waals surface area (Å²) in [7, 11) is 0. The lowest BCUT2D eigenvalue weighted by atomic mass is 9.96. The highest BCUT2D eigenvalue weighted by Gasteiger charge is 2.44. The molecule has 8 rings (SSSR count). The number of rotatable bonds is 5. The average Bonchev–Trinajstić information content (AvgIpc) is 3.89. The smallest absolute Gasteiger partial charge is 0.227 e. The zero-order valence-corrected chi connectivity index (χ0v) is 21.0. The minimum atomic E-state index is 0.0693. The van der Waals surface area contributed by atoms with E-state index >= 15 is 0 Å². The van der Waals surface area contributed by atoms with E-state index in [-0.39, 0.29) is 11.8 Å². The minimum absolute atomic E-state index is 0.0693. The van der Waals surface area contributed by atoms with E-state index in [9.17, 15) is 4.79 Å². The predicted molar refractivity (Wildman–Crippen MR) is 146 cm³/mol. The molecule has 2 aliphatic carbocycles. The molecule has 4 aliphatic rings. The Bertz CT molecular complexity index is 1610. The average molecular weight is 505 g/mol. The Hall–Kier alpha value is -4.14. The number of piperidine rings is 1. The molecule has 0 aromatic carbocycles. The number of aromatic nitrogens is 5. The fourth-order valence-electron chi connectivity index (χ4n) is 5.82. The Labute approximate surface area is 219 Å². The summed E-state index contributed by atoms with van der Waals surface area (Å²) >= 11 is 0. The second-order valence-electron chi connectivity index (χ2n) is 10.9. The van der Waals surface area contributed by atoms with Gasteiger partial charge in [-0.05, 0) is 62.3 Å². The van der Waals surface area contributed by atoms with E-state index in [0.717, 1.165) is 77.6 Å². The number of aliphatic imine (C=N–C) groups is 1. The van der Waals surface area contributed by atoms with Gasteiger partial charge in [0.05, 0.1) is 29.1 Å². The maximum absolute atomic E-state index is 12.3. The molecular formula is C29H28N8O. The van der Waals surface area contributed by atoms with Crippen LogP contribution in [0.1, 0.15) is 61.4 Å². The quantitative estimate of drug-likeness (QED) is 0.415. The first-order valence-corrected chi connectivity index (χ1v) is 13.7. The maximum atomic E-state index is 12.3. The van der Waals surface area contributed by atoms with Gasteiger partial charge in [0.1, 0.15) is 11.2 Å². The van der Waals surface area contributed by atoms with Gasteiger partial charge in [0.15, 0.2) is 11.6 Å².